The van der Waals surface area contributed by atoms with Crippen LogP contribution in [0.4, 0.5) is 0 Å². The Kier molecular flexibility index (Phi) is 5.67. The molecule has 0 aliphatic carbocycles. The molecule has 24 heavy (non-hydrogen) atoms. The molecule has 3 N–H and O–H groups in total. The normalized spacial score (nSPS) is 20.5. The summed E-state index contributed by atoms with van der Waals surface area (Å²) in [5.41, 5.74) is 0.398. The van der Waals surface area contributed by atoms with Gasteiger partial charge in [0.05, 0.1) is 0 Å². The lowest BCUT2D eigenvalue weighted by Gasteiger charge is -2.32. The monoisotopic (exact) mass is 397 g/mol. The minimum Gasteiger partial charge on any atom is -0.464 e. The Bertz CT molecular complexity index is 830. The fourth-order valence-electron chi connectivity index (χ4n) is 2.39. The van der Waals surface area contributed by atoms with E-state index >= 15 is 0 Å². The average Bonchev–Trinajstić information content (AvgIpc) is 2.90. The molecule has 1 aliphatic rings. The van der Waals surface area contributed by atoms with E-state index in [1.165, 1.54) is 17.3 Å². The van der Waals surface area contributed by atoms with Crippen molar-refractivity contribution in [3.8, 4) is 0 Å². The van der Waals surface area contributed by atoms with E-state index in [9.17, 15) is 21.6 Å². The highest BCUT2D eigenvalue weighted by Crippen LogP contribution is 2.39. The second-order valence-electron chi connectivity index (χ2n) is 5.17. The third-order valence-electron chi connectivity index (χ3n) is 3.42. The van der Waals surface area contributed by atoms with Crippen LogP contribution in [-0.2, 0) is 29.6 Å². The summed E-state index contributed by atoms with van der Waals surface area (Å²) < 4.78 is 54.3. The number of hydrogen-bond donors (Lipinski definition) is 2. The van der Waals surface area contributed by atoms with Crippen LogP contribution >= 0.6 is 11.3 Å². The van der Waals surface area contributed by atoms with Crippen LogP contribution in [0.1, 0.15) is 25.5 Å². The number of nitrogens with two attached hydrogens (primary N) is 1. The molecule has 12 heteroatoms. The maximum atomic E-state index is 12.7. The van der Waals surface area contributed by atoms with Gasteiger partial charge in [0.1, 0.15) is 15.0 Å². The van der Waals surface area contributed by atoms with Crippen LogP contribution in [0.15, 0.2) is 14.5 Å². The summed E-state index contributed by atoms with van der Waals surface area (Å²) in [5, 5.41) is 8.25. The first-order valence-electron chi connectivity index (χ1n) is 7.10. The number of hydrogen-bond acceptors (Lipinski definition) is 8. The predicted octanol–water partition coefficient (Wildman–Crippen LogP) is -0.386. The van der Waals surface area contributed by atoms with Crippen LogP contribution in [0.25, 0.3) is 0 Å². The van der Waals surface area contributed by atoms with Gasteiger partial charge < -0.3 is 10.1 Å². The fourth-order valence-corrected chi connectivity index (χ4v) is 6.64. The third kappa shape index (κ3) is 3.95. The Morgan fingerprint density at radius 3 is 2.75 bits per heavy atom. The smallest absolute Gasteiger partial charge is 0.302 e. The standard InChI is InChI=1S/C12H19N3O6S3/c1-3-14-10-7-15(4-5-21-8(2)16)24(19,20)12-9(10)6-11(22-12)23(13,17)18/h6,10,14H,3-5,7H2,1-2H3,(H2,13,17,18). The van der Waals surface area contributed by atoms with Crippen molar-refractivity contribution in [2.75, 3.05) is 26.2 Å². The lowest BCUT2D eigenvalue weighted by atomic mass is 10.1. The van der Waals surface area contributed by atoms with Crippen LogP contribution in [0.5, 0.6) is 0 Å². The molecule has 2 rings (SSSR count). The molecule has 1 atom stereocenters. The van der Waals surface area contributed by atoms with E-state index in [0.717, 1.165) is 0 Å². The number of nitrogens with zero attached hydrogens (tertiary/aromatic N) is 1. The van der Waals surface area contributed by atoms with Crippen molar-refractivity contribution < 1.29 is 26.4 Å². The number of rotatable bonds is 6. The number of sulfonamides is 2. The quantitative estimate of drug-likeness (QED) is 0.624. The van der Waals surface area contributed by atoms with Crippen molar-refractivity contribution in [2.24, 2.45) is 5.14 Å². The Hall–Kier alpha value is -1.05. The first-order valence-corrected chi connectivity index (χ1v) is 10.9. The molecule has 0 aromatic carbocycles. The molecule has 136 valence electrons. The summed E-state index contributed by atoms with van der Waals surface area (Å²) in [6.45, 7) is 3.70. The van der Waals surface area contributed by atoms with Crippen molar-refractivity contribution in [1.82, 2.24) is 9.62 Å². The minimum atomic E-state index is -3.99. The van der Waals surface area contributed by atoms with Crippen LogP contribution in [0.2, 0.25) is 0 Å². The number of carbonyl (C=O) groups excluding carboxylic acids is 1. The Morgan fingerprint density at radius 2 is 2.21 bits per heavy atom. The van der Waals surface area contributed by atoms with Gasteiger partial charge in [-0.3, -0.25) is 4.79 Å². The number of fused-ring (bicyclic) bond motifs is 1. The van der Waals surface area contributed by atoms with Gasteiger partial charge in [0.25, 0.3) is 10.0 Å². The average molecular weight is 398 g/mol. The number of esters is 1. The van der Waals surface area contributed by atoms with Gasteiger partial charge in [-0.25, -0.2) is 22.0 Å². The maximum Gasteiger partial charge on any atom is 0.302 e. The molecular formula is C12H19N3O6S3. The molecule has 0 amide bonds. The maximum absolute atomic E-state index is 12.7. The zero-order valence-electron chi connectivity index (χ0n) is 13.2. The van der Waals surface area contributed by atoms with Gasteiger partial charge in [0, 0.05) is 31.6 Å². The molecule has 1 unspecified atom stereocenters. The number of thiophene rings is 1. The molecule has 1 aromatic heterocycles. The van der Waals surface area contributed by atoms with Crippen LogP contribution in [0.3, 0.4) is 0 Å². The lowest BCUT2D eigenvalue weighted by Crippen LogP contribution is -2.44. The zero-order valence-corrected chi connectivity index (χ0v) is 15.6. The van der Waals surface area contributed by atoms with Crippen LogP contribution in [0, 0.1) is 0 Å². The van der Waals surface area contributed by atoms with E-state index in [-0.39, 0.29) is 34.2 Å². The summed E-state index contributed by atoms with van der Waals surface area (Å²) in [6.07, 6.45) is 0. The summed E-state index contributed by atoms with van der Waals surface area (Å²) in [4.78, 5) is 10.8. The molecule has 0 saturated carbocycles. The summed E-state index contributed by atoms with van der Waals surface area (Å²) in [5.74, 6) is -0.499. The third-order valence-corrected chi connectivity index (χ3v) is 8.38. The zero-order chi connectivity index (χ0) is 18.1. The molecule has 0 radical (unpaired) electrons. The van der Waals surface area contributed by atoms with Gasteiger partial charge in [0.2, 0.25) is 10.0 Å². The number of primary sulfonamides is 1. The second kappa shape index (κ2) is 7.06. The largest absolute Gasteiger partial charge is 0.464 e. The molecule has 0 bridgehead atoms. The van der Waals surface area contributed by atoms with Gasteiger partial charge in [-0.1, -0.05) is 6.92 Å². The highest BCUT2D eigenvalue weighted by molar-refractivity contribution is 7.94. The van der Waals surface area contributed by atoms with Crippen molar-refractivity contribution >= 4 is 37.4 Å². The molecule has 1 aromatic rings. The molecule has 2 heterocycles. The van der Waals surface area contributed by atoms with Gasteiger partial charge in [0.15, 0.2) is 0 Å². The van der Waals surface area contributed by atoms with Gasteiger partial charge in [-0.15, -0.1) is 11.3 Å². The summed E-state index contributed by atoms with van der Waals surface area (Å²) in [6, 6.07) is 0.946. The first-order chi connectivity index (χ1) is 11.1. The highest BCUT2D eigenvalue weighted by atomic mass is 32.3. The molecule has 1 aliphatic heterocycles. The molecular weight excluding hydrogens is 378 g/mol. The first kappa shape index (κ1) is 19.3. The molecule has 0 fully saturated rings. The van der Waals surface area contributed by atoms with Crippen molar-refractivity contribution in [2.45, 2.75) is 28.3 Å². The van der Waals surface area contributed by atoms with Gasteiger partial charge in [-0.05, 0) is 12.6 Å². The van der Waals surface area contributed by atoms with Crippen LogP contribution in [-0.4, -0.2) is 53.4 Å². The summed E-state index contributed by atoms with van der Waals surface area (Å²) in [7, 11) is -7.86. The molecule has 9 nitrogen and oxygen atoms in total. The number of carbonyl (C=O) groups is 1. The number of likely N-dealkylation sites (N-methyl/N-ethyl adjacent to an activating group) is 1. The van der Waals surface area contributed by atoms with E-state index in [1.807, 2.05) is 6.92 Å². The van der Waals surface area contributed by atoms with Crippen molar-refractivity contribution in [3.63, 3.8) is 0 Å². The van der Waals surface area contributed by atoms with E-state index in [2.05, 4.69) is 5.32 Å². The van der Waals surface area contributed by atoms with Crippen molar-refractivity contribution in [1.29, 1.82) is 0 Å². The fraction of sp³-hybridized carbons (Fsp3) is 0.583. The SMILES string of the molecule is CCNC1CN(CCOC(C)=O)S(=O)(=O)c2sc(S(N)(=O)=O)cc21. The summed E-state index contributed by atoms with van der Waals surface area (Å²) >= 11 is 0.632. The Balaban J connectivity index is 2.41. The Labute approximate surface area is 144 Å². The molecule has 0 saturated heterocycles. The lowest BCUT2D eigenvalue weighted by molar-refractivity contribution is -0.141. The van der Waals surface area contributed by atoms with E-state index < -0.39 is 26.0 Å². The predicted molar refractivity (Wildman–Crippen MR) is 87.5 cm³/mol. The van der Waals surface area contributed by atoms with Gasteiger partial charge in [-0.2, -0.15) is 4.31 Å². The highest BCUT2D eigenvalue weighted by Gasteiger charge is 2.39. The second-order valence-corrected chi connectivity index (χ2v) is 10.1. The molecule has 0 spiro atoms. The van der Waals surface area contributed by atoms with E-state index in [4.69, 9.17) is 9.88 Å². The van der Waals surface area contributed by atoms with E-state index in [1.54, 1.807) is 0 Å². The Morgan fingerprint density at radius 1 is 1.54 bits per heavy atom. The number of nitrogens with one attached hydrogen (secondary N) is 1. The topological polar surface area (TPSA) is 136 Å². The number of ether oxygens (including phenoxy) is 1. The minimum absolute atomic E-state index is 0.00808. The van der Waals surface area contributed by atoms with Gasteiger partial charge >= 0.3 is 5.97 Å². The van der Waals surface area contributed by atoms with Crippen molar-refractivity contribution in [3.05, 3.63) is 11.6 Å². The van der Waals surface area contributed by atoms with Crippen LogP contribution < -0.4 is 10.5 Å². The van der Waals surface area contributed by atoms with E-state index in [0.29, 0.717) is 23.4 Å².